The highest BCUT2D eigenvalue weighted by Gasteiger charge is 2.49. The highest BCUT2D eigenvalue weighted by atomic mass is 79.9. The van der Waals surface area contributed by atoms with Crippen LogP contribution >= 0.6 is 31.9 Å². The smallest absolute Gasteiger partial charge is 0.0724 e. The largest absolute Gasteiger partial charge is 0.0837 e. The minimum absolute atomic E-state index is 0.337. The zero-order valence-corrected chi connectivity index (χ0v) is 11.7. The van der Waals surface area contributed by atoms with Crippen LogP contribution in [0.5, 0.6) is 0 Å². The summed E-state index contributed by atoms with van der Waals surface area (Å²) in [4.78, 5) is 0. The third-order valence-electron chi connectivity index (χ3n) is 2.86. The van der Waals surface area contributed by atoms with Crippen molar-refractivity contribution in [2.45, 2.75) is 61.5 Å². The second kappa shape index (κ2) is 5.75. The predicted molar refractivity (Wildman–Crippen MR) is 66.7 cm³/mol. The van der Waals surface area contributed by atoms with Crippen molar-refractivity contribution >= 4 is 31.9 Å². The SMILES string of the molecule is CCCCCCCC[C@@H]1CC1(Br)Br. The molecule has 0 aromatic heterocycles. The molecule has 0 amide bonds. The van der Waals surface area contributed by atoms with Gasteiger partial charge in [0.2, 0.25) is 0 Å². The maximum atomic E-state index is 3.66. The summed E-state index contributed by atoms with van der Waals surface area (Å²) in [6.07, 6.45) is 11.2. The molecule has 1 aliphatic carbocycles. The summed E-state index contributed by atoms with van der Waals surface area (Å²) < 4.78 is 0.337. The lowest BCUT2D eigenvalue weighted by Gasteiger charge is -2.01. The molecule has 0 aromatic carbocycles. The third-order valence-corrected chi connectivity index (χ3v) is 4.80. The van der Waals surface area contributed by atoms with E-state index >= 15 is 0 Å². The average molecular weight is 312 g/mol. The van der Waals surface area contributed by atoms with Crippen LogP contribution in [0.2, 0.25) is 0 Å². The van der Waals surface area contributed by atoms with Crippen LogP contribution in [0.1, 0.15) is 58.3 Å². The van der Waals surface area contributed by atoms with E-state index in [1.165, 1.54) is 51.4 Å². The second-order valence-corrected chi connectivity index (χ2v) is 8.11. The molecule has 1 rings (SSSR count). The first-order valence-electron chi connectivity index (χ1n) is 5.54. The molecule has 0 heterocycles. The van der Waals surface area contributed by atoms with Gasteiger partial charge in [-0.15, -0.1) is 0 Å². The summed E-state index contributed by atoms with van der Waals surface area (Å²) in [6.45, 7) is 2.27. The molecule has 13 heavy (non-hydrogen) atoms. The zero-order valence-electron chi connectivity index (χ0n) is 8.49. The fraction of sp³-hybridized carbons (Fsp3) is 1.00. The summed E-state index contributed by atoms with van der Waals surface area (Å²) >= 11 is 7.33. The Balaban J connectivity index is 1.80. The van der Waals surface area contributed by atoms with Gasteiger partial charge in [-0.2, -0.15) is 0 Å². The van der Waals surface area contributed by atoms with Crippen molar-refractivity contribution in [2.75, 3.05) is 0 Å². The van der Waals surface area contributed by atoms with Gasteiger partial charge in [-0.1, -0.05) is 77.3 Å². The molecule has 0 nitrogen and oxygen atoms in total. The molecule has 0 bridgehead atoms. The molecule has 1 atom stereocenters. The number of hydrogen-bond donors (Lipinski definition) is 0. The highest BCUT2D eigenvalue weighted by Crippen LogP contribution is 2.58. The molecule has 0 spiro atoms. The van der Waals surface area contributed by atoms with Crippen LogP contribution in [0.3, 0.4) is 0 Å². The van der Waals surface area contributed by atoms with Crippen LogP contribution in [-0.2, 0) is 0 Å². The van der Waals surface area contributed by atoms with Crippen LogP contribution in [0, 0.1) is 5.92 Å². The van der Waals surface area contributed by atoms with Crippen molar-refractivity contribution in [3.8, 4) is 0 Å². The Morgan fingerprint density at radius 2 is 1.62 bits per heavy atom. The van der Waals surface area contributed by atoms with Crippen LogP contribution in [0.15, 0.2) is 0 Å². The predicted octanol–water partition coefficient (Wildman–Crippen LogP) is 5.24. The molecule has 0 saturated heterocycles. The van der Waals surface area contributed by atoms with Crippen molar-refractivity contribution in [1.82, 2.24) is 0 Å². The van der Waals surface area contributed by atoms with Gasteiger partial charge in [-0.05, 0) is 18.8 Å². The normalized spacial score (nSPS) is 24.7. The van der Waals surface area contributed by atoms with E-state index in [1.807, 2.05) is 0 Å². The summed E-state index contributed by atoms with van der Waals surface area (Å²) in [5.41, 5.74) is 0. The lowest BCUT2D eigenvalue weighted by atomic mass is 10.1. The van der Waals surface area contributed by atoms with Crippen molar-refractivity contribution in [3.63, 3.8) is 0 Å². The number of hydrogen-bond acceptors (Lipinski definition) is 0. The van der Waals surface area contributed by atoms with Gasteiger partial charge in [0.1, 0.15) is 0 Å². The van der Waals surface area contributed by atoms with Crippen LogP contribution < -0.4 is 0 Å². The monoisotopic (exact) mass is 310 g/mol. The standard InChI is InChI=1S/C11H20Br2/c1-2-3-4-5-6-7-8-10-9-11(10,12)13/h10H,2-9H2,1H3/t10-/m1/s1. The topological polar surface area (TPSA) is 0 Å². The highest BCUT2D eigenvalue weighted by molar-refractivity contribution is 9.25. The summed E-state index contributed by atoms with van der Waals surface area (Å²) in [7, 11) is 0. The number of rotatable bonds is 7. The maximum absolute atomic E-state index is 3.66. The van der Waals surface area contributed by atoms with E-state index in [9.17, 15) is 0 Å². The molecule has 0 radical (unpaired) electrons. The number of unbranched alkanes of at least 4 members (excludes halogenated alkanes) is 5. The fourth-order valence-corrected chi connectivity index (χ4v) is 2.99. The Bertz CT molecular complexity index is 143. The quantitative estimate of drug-likeness (QED) is 0.445. The Hall–Kier alpha value is 0.960. The van der Waals surface area contributed by atoms with Gasteiger partial charge >= 0.3 is 0 Å². The summed E-state index contributed by atoms with van der Waals surface area (Å²) in [5.74, 6) is 0.902. The third kappa shape index (κ3) is 4.83. The Morgan fingerprint density at radius 3 is 2.15 bits per heavy atom. The molecule has 78 valence electrons. The van der Waals surface area contributed by atoms with Crippen molar-refractivity contribution in [3.05, 3.63) is 0 Å². The molecular formula is C11H20Br2. The van der Waals surface area contributed by atoms with Gasteiger partial charge in [-0.3, -0.25) is 0 Å². The lowest BCUT2D eigenvalue weighted by Crippen LogP contribution is -1.88. The molecule has 1 fully saturated rings. The first kappa shape index (κ1) is 12.0. The fourth-order valence-electron chi connectivity index (χ4n) is 1.75. The Labute approximate surface area is 99.1 Å². The molecule has 2 heteroatoms. The Kier molecular flexibility index (Phi) is 5.32. The molecule has 0 aromatic rings. The average Bonchev–Trinajstić information content (AvgIpc) is 2.67. The van der Waals surface area contributed by atoms with E-state index in [4.69, 9.17) is 0 Å². The van der Waals surface area contributed by atoms with Crippen LogP contribution in [0.4, 0.5) is 0 Å². The van der Waals surface area contributed by atoms with E-state index in [0.717, 1.165) is 5.92 Å². The van der Waals surface area contributed by atoms with E-state index in [2.05, 4.69) is 38.8 Å². The van der Waals surface area contributed by atoms with Gasteiger partial charge in [0, 0.05) is 0 Å². The molecule has 0 N–H and O–H groups in total. The first-order chi connectivity index (χ1) is 6.17. The molecule has 0 aliphatic heterocycles. The molecule has 1 aliphatic rings. The minimum atomic E-state index is 0.337. The number of halogens is 2. The molecule has 0 unspecified atom stereocenters. The Morgan fingerprint density at radius 1 is 1.08 bits per heavy atom. The molecular weight excluding hydrogens is 292 g/mol. The van der Waals surface area contributed by atoms with Crippen molar-refractivity contribution in [2.24, 2.45) is 5.92 Å². The van der Waals surface area contributed by atoms with E-state index in [-0.39, 0.29) is 0 Å². The van der Waals surface area contributed by atoms with Gasteiger partial charge in [-0.25, -0.2) is 0 Å². The van der Waals surface area contributed by atoms with E-state index in [1.54, 1.807) is 0 Å². The van der Waals surface area contributed by atoms with E-state index < -0.39 is 0 Å². The van der Waals surface area contributed by atoms with Gasteiger partial charge in [0.25, 0.3) is 0 Å². The first-order valence-corrected chi connectivity index (χ1v) is 7.13. The van der Waals surface area contributed by atoms with Crippen LogP contribution in [-0.4, -0.2) is 3.23 Å². The van der Waals surface area contributed by atoms with Gasteiger partial charge < -0.3 is 0 Å². The zero-order chi connectivity index (χ0) is 9.73. The van der Waals surface area contributed by atoms with Crippen molar-refractivity contribution in [1.29, 1.82) is 0 Å². The summed E-state index contributed by atoms with van der Waals surface area (Å²) in [5, 5.41) is 0. The maximum Gasteiger partial charge on any atom is 0.0837 e. The second-order valence-electron chi connectivity index (χ2n) is 4.22. The lowest BCUT2D eigenvalue weighted by molar-refractivity contribution is 0.568. The minimum Gasteiger partial charge on any atom is -0.0724 e. The van der Waals surface area contributed by atoms with Gasteiger partial charge in [0.05, 0.1) is 3.23 Å². The number of alkyl halides is 2. The summed E-state index contributed by atoms with van der Waals surface area (Å²) in [6, 6.07) is 0. The van der Waals surface area contributed by atoms with Crippen LogP contribution in [0.25, 0.3) is 0 Å². The molecule has 1 saturated carbocycles. The van der Waals surface area contributed by atoms with Crippen molar-refractivity contribution < 1.29 is 0 Å². The van der Waals surface area contributed by atoms with Gasteiger partial charge in [0.15, 0.2) is 0 Å². The van der Waals surface area contributed by atoms with E-state index in [0.29, 0.717) is 3.23 Å².